The molecule has 3 aromatic rings. The van der Waals surface area contributed by atoms with Crippen molar-refractivity contribution < 1.29 is 48.9 Å². The summed E-state index contributed by atoms with van der Waals surface area (Å²) in [6.07, 6.45) is 0.861. The second kappa shape index (κ2) is 22.9. The third kappa shape index (κ3) is 14.0. The summed E-state index contributed by atoms with van der Waals surface area (Å²) < 4.78 is 0. The van der Waals surface area contributed by atoms with Crippen molar-refractivity contribution in [2.75, 3.05) is 26.7 Å². The number of likely N-dealkylation sites (N-methyl/N-ethyl adjacent to an activating group) is 1. The van der Waals surface area contributed by atoms with Crippen LogP contribution < -0.4 is 32.3 Å². The minimum absolute atomic E-state index is 0.0148. The first-order valence-electron chi connectivity index (χ1n) is 20.5. The van der Waals surface area contributed by atoms with E-state index >= 15 is 0 Å². The molecule has 18 nitrogen and oxygen atoms in total. The van der Waals surface area contributed by atoms with Crippen molar-refractivity contribution in [3.05, 3.63) is 95.6 Å². The molecule has 4 rings (SSSR count). The van der Waals surface area contributed by atoms with Gasteiger partial charge in [0.05, 0.1) is 19.2 Å². The van der Waals surface area contributed by atoms with Gasteiger partial charge >= 0.3 is 0 Å². The van der Waals surface area contributed by atoms with Crippen LogP contribution in [0.5, 0.6) is 11.5 Å². The van der Waals surface area contributed by atoms with Gasteiger partial charge in [0.15, 0.2) is 0 Å². The van der Waals surface area contributed by atoms with E-state index in [9.17, 15) is 48.9 Å². The first kappa shape index (κ1) is 48.1. The summed E-state index contributed by atoms with van der Waals surface area (Å²) in [6, 6.07) is 14.1. The number of aliphatic hydroxyl groups is 1. The normalized spacial score (nSPS) is 15.9. The van der Waals surface area contributed by atoms with Crippen molar-refractivity contribution in [3.8, 4) is 11.5 Å². The highest BCUT2D eigenvalue weighted by molar-refractivity contribution is 5.96. The fourth-order valence-corrected chi connectivity index (χ4v) is 7.01. The number of benzene rings is 3. The van der Waals surface area contributed by atoms with Crippen LogP contribution in [0, 0.1) is 0 Å². The van der Waals surface area contributed by atoms with Gasteiger partial charge in [-0.1, -0.05) is 54.6 Å². The Morgan fingerprint density at radius 2 is 1.31 bits per heavy atom. The number of hydrogen-bond acceptors (Lipinski definition) is 11. The summed E-state index contributed by atoms with van der Waals surface area (Å²) >= 11 is 0. The summed E-state index contributed by atoms with van der Waals surface area (Å²) in [6.45, 7) is 3.82. The molecule has 62 heavy (non-hydrogen) atoms. The van der Waals surface area contributed by atoms with Crippen molar-refractivity contribution in [2.45, 2.75) is 95.2 Å². The van der Waals surface area contributed by atoms with Gasteiger partial charge in [-0.2, -0.15) is 0 Å². The molecule has 0 unspecified atom stereocenters. The number of nitrogens with one attached hydrogen (secondary N) is 5. The summed E-state index contributed by atoms with van der Waals surface area (Å²) in [7, 11) is 1.41. The quantitative estimate of drug-likeness (QED) is 0.0691. The Hall–Kier alpha value is -6.53. The Balaban J connectivity index is 1.46. The Morgan fingerprint density at radius 3 is 1.89 bits per heavy atom. The number of hydrogen-bond donors (Lipinski definition) is 9. The van der Waals surface area contributed by atoms with Gasteiger partial charge in [-0.05, 0) is 81.0 Å². The molecule has 10 N–H and O–H groups in total. The minimum atomic E-state index is -1.25. The van der Waals surface area contributed by atoms with E-state index in [4.69, 9.17) is 5.73 Å². The number of rotatable bonds is 20. The molecule has 3 aromatic carbocycles. The van der Waals surface area contributed by atoms with E-state index in [0.717, 1.165) is 0 Å². The molecule has 0 aromatic heterocycles. The van der Waals surface area contributed by atoms with Crippen LogP contribution in [0.4, 0.5) is 0 Å². The number of nitrogens with zero attached hydrogens (tertiary/aromatic N) is 2. The van der Waals surface area contributed by atoms with E-state index in [2.05, 4.69) is 26.6 Å². The monoisotopic (exact) mass is 858 g/mol. The van der Waals surface area contributed by atoms with Crippen LogP contribution in [-0.2, 0) is 52.8 Å². The third-order valence-corrected chi connectivity index (χ3v) is 10.4. The smallest absolute Gasteiger partial charge is 0.246 e. The maximum atomic E-state index is 14.2. The SMILES string of the molecule is CC(C)NC(=O)[C@H](CO)NC(=O)[C@@H]1CCCN1C(=O)[C@H](Cc1ccc(O)cc1)NC(=O)CNC(=O)[C@H](Cc1ccccc1)N(C)C(=O)[C@@H](C)NC(=O)[C@@H](N)Cc1ccc(O)cc1. The molecule has 7 amide bonds. The topological polar surface area (TPSA) is 273 Å². The number of amides is 7. The molecule has 0 bridgehead atoms. The number of likely N-dealkylation sites (tertiary alicyclic amines) is 1. The highest BCUT2D eigenvalue weighted by atomic mass is 16.3. The fourth-order valence-electron chi connectivity index (χ4n) is 7.01. The largest absolute Gasteiger partial charge is 0.508 e. The van der Waals surface area contributed by atoms with E-state index < -0.39 is 90.8 Å². The Morgan fingerprint density at radius 1 is 0.726 bits per heavy atom. The van der Waals surface area contributed by atoms with Crippen LogP contribution >= 0.6 is 0 Å². The summed E-state index contributed by atoms with van der Waals surface area (Å²) in [5.41, 5.74) is 8.10. The van der Waals surface area contributed by atoms with E-state index in [0.29, 0.717) is 23.1 Å². The molecule has 0 spiro atoms. The third-order valence-electron chi connectivity index (χ3n) is 10.4. The van der Waals surface area contributed by atoms with Crippen LogP contribution in [0.3, 0.4) is 0 Å². The van der Waals surface area contributed by atoms with Crippen LogP contribution in [0.15, 0.2) is 78.9 Å². The van der Waals surface area contributed by atoms with Gasteiger partial charge in [-0.15, -0.1) is 0 Å². The predicted octanol–water partition coefficient (Wildman–Crippen LogP) is -0.622. The van der Waals surface area contributed by atoms with Crippen LogP contribution in [0.25, 0.3) is 0 Å². The predicted molar refractivity (Wildman–Crippen MR) is 228 cm³/mol. The zero-order valence-corrected chi connectivity index (χ0v) is 35.4. The van der Waals surface area contributed by atoms with Crippen LogP contribution in [0.2, 0.25) is 0 Å². The lowest BCUT2D eigenvalue weighted by Gasteiger charge is -2.31. The summed E-state index contributed by atoms with van der Waals surface area (Å²) in [5.74, 6) is -4.45. The van der Waals surface area contributed by atoms with Crippen molar-refractivity contribution in [2.24, 2.45) is 5.73 Å². The average molecular weight is 859 g/mol. The minimum Gasteiger partial charge on any atom is -0.508 e. The number of aliphatic hydroxyl groups excluding tert-OH is 1. The second-order valence-electron chi connectivity index (χ2n) is 15.7. The molecule has 1 aliphatic rings. The van der Waals surface area contributed by atoms with Gasteiger partial charge in [0.25, 0.3) is 0 Å². The molecular weight excluding hydrogens is 801 g/mol. The molecule has 334 valence electrons. The lowest BCUT2D eigenvalue weighted by Crippen LogP contribution is -2.58. The van der Waals surface area contributed by atoms with E-state index in [1.54, 1.807) is 68.4 Å². The molecule has 0 radical (unpaired) electrons. The van der Waals surface area contributed by atoms with Crippen LogP contribution in [0.1, 0.15) is 50.3 Å². The molecule has 18 heteroatoms. The standard InChI is InChI=1S/C44H58N8O10/c1-26(2)47-40(58)35(25-53)50-42(60)36-11-8-20-52(36)44(62)34(22-30-14-18-32(55)19-15-30)49-38(56)24-46-41(59)37(23-28-9-6-5-7-10-28)51(4)43(61)27(3)48-39(57)33(45)21-29-12-16-31(54)17-13-29/h5-7,9-10,12-19,26-27,33-37,53-55H,8,11,20-25,45H2,1-4H3,(H,46,59)(H,47,58)(H,48,57)(H,49,56)(H,50,60)/t27-,33+,34+,35+,36+,37+/m1/s1. The molecule has 1 aliphatic heterocycles. The molecule has 6 atom stereocenters. The lowest BCUT2D eigenvalue weighted by atomic mass is 10.0. The van der Waals surface area contributed by atoms with E-state index in [1.807, 2.05) is 0 Å². The fraction of sp³-hybridized carbons (Fsp3) is 0.432. The van der Waals surface area contributed by atoms with E-state index in [-0.39, 0.29) is 49.8 Å². The Kier molecular flexibility index (Phi) is 17.8. The van der Waals surface area contributed by atoms with Crippen LogP contribution in [-0.4, -0.2) is 136 Å². The Bertz CT molecular complexity index is 2020. The maximum absolute atomic E-state index is 14.2. The number of aromatic hydroxyl groups is 2. The molecule has 1 heterocycles. The van der Waals surface area contributed by atoms with Crippen molar-refractivity contribution in [3.63, 3.8) is 0 Å². The summed E-state index contributed by atoms with van der Waals surface area (Å²) in [4.78, 5) is 96.8. The lowest BCUT2D eigenvalue weighted by molar-refractivity contribution is -0.142. The number of phenols is 2. The highest BCUT2D eigenvalue weighted by Crippen LogP contribution is 2.21. The average Bonchev–Trinajstić information content (AvgIpc) is 3.75. The first-order valence-corrected chi connectivity index (χ1v) is 20.5. The number of carbonyl (C=O) groups is 7. The van der Waals surface area contributed by atoms with Crippen molar-refractivity contribution in [1.82, 2.24) is 36.4 Å². The zero-order chi connectivity index (χ0) is 45.5. The van der Waals surface area contributed by atoms with Gasteiger partial charge in [0.1, 0.15) is 41.7 Å². The Labute approximate surface area is 360 Å². The number of nitrogens with two attached hydrogens (primary N) is 1. The second-order valence-corrected chi connectivity index (χ2v) is 15.7. The van der Waals surface area contributed by atoms with Gasteiger partial charge in [-0.25, -0.2) is 0 Å². The molecular formula is C44H58N8O10. The summed E-state index contributed by atoms with van der Waals surface area (Å²) in [5, 5.41) is 42.2. The van der Waals surface area contributed by atoms with Gasteiger partial charge < -0.3 is 57.4 Å². The molecule has 0 saturated carbocycles. The molecule has 1 fully saturated rings. The molecule has 1 saturated heterocycles. The zero-order valence-electron chi connectivity index (χ0n) is 35.4. The highest BCUT2D eigenvalue weighted by Gasteiger charge is 2.39. The number of carbonyl (C=O) groups excluding carboxylic acids is 7. The molecule has 0 aliphatic carbocycles. The first-order chi connectivity index (χ1) is 29.5. The van der Waals surface area contributed by atoms with Crippen molar-refractivity contribution >= 4 is 41.4 Å². The van der Waals surface area contributed by atoms with Gasteiger partial charge in [0.2, 0.25) is 41.4 Å². The van der Waals surface area contributed by atoms with Gasteiger partial charge in [0, 0.05) is 32.5 Å². The maximum Gasteiger partial charge on any atom is 0.246 e. The number of phenolic OH excluding ortho intramolecular Hbond substituents is 2. The van der Waals surface area contributed by atoms with Gasteiger partial charge in [-0.3, -0.25) is 33.6 Å². The van der Waals surface area contributed by atoms with E-state index in [1.165, 1.54) is 48.0 Å². The van der Waals surface area contributed by atoms with Crippen molar-refractivity contribution in [1.29, 1.82) is 0 Å².